The van der Waals surface area contributed by atoms with Crippen molar-refractivity contribution in [3.63, 3.8) is 0 Å². The predicted octanol–water partition coefficient (Wildman–Crippen LogP) is 1.67. The standard InChI is InChI=1S/C14H15NO5/c1-10(2)13(17)19-8-9-20-14(18)15-12(16)11-6-4-3-5-7-11/h3-7H,1,8-9H2,2H3,(H,15,16,18). The lowest BCUT2D eigenvalue weighted by molar-refractivity contribution is -0.139. The fraction of sp³-hybridized carbons (Fsp3) is 0.214. The van der Waals surface area contributed by atoms with E-state index in [1.807, 2.05) is 5.32 Å². The highest BCUT2D eigenvalue weighted by Crippen LogP contribution is 1.98. The van der Waals surface area contributed by atoms with Crippen LogP contribution in [-0.4, -0.2) is 31.2 Å². The Morgan fingerprint density at radius 3 is 2.30 bits per heavy atom. The van der Waals surface area contributed by atoms with Gasteiger partial charge in [-0.3, -0.25) is 10.1 Å². The summed E-state index contributed by atoms with van der Waals surface area (Å²) in [5.74, 6) is -1.12. The van der Waals surface area contributed by atoms with E-state index in [1.165, 1.54) is 6.92 Å². The summed E-state index contributed by atoms with van der Waals surface area (Å²) >= 11 is 0. The van der Waals surface area contributed by atoms with E-state index in [4.69, 9.17) is 4.74 Å². The number of esters is 1. The van der Waals surface area contributed by atoms with Gasteiger partial charge in [0.05, 0.1) is 0 Å². The van der Waals surface area contributed by atoms with E-state index in [2.05, 4.69) is 11.3 Å². The molecule has 1 N–H and O–H groups in total. The van der Waals surface area contributed by atoms with Crippen LogP contribution in [0.25, 0.3) is 0 Å². The maximum atomic E-state index is 11.6. The largest absolute Gasteiger partial charge is 0.459 e. The van der Waals surface area contributed by atoms with Crippen molar-refractivity contribution >= 4 is 18.0 Å². The van der Waals surface area contributed by atoms with Gasteiger partial charge in [-0.25, -0.2) is 9.59 Å². The lowest BCUT2D eigenvalue weighted by Crippen LogP contribution is -2.31. The summed E-state index contributed by atoms with van der Waals surface area (Å²) in [7, 11) is 0. The van der Waals surface area contributed by atoms with Gasteiger partial charge in [0.2, 0.25) is 0 Å². The molecule has 0 aliphatic rings. The highest BCUT2D eigenvalue weighted by molar-refractivity contribution is 6.02. The Hall–Kier alpha value is -2.63. The van der Waals surface area contributed by atoms with Gasteiger partial charge >= 0.3 is 12.1 Å². The smallest absolute Gasteiger partial charge is 0.414 e. The van der Waals surface area contributed by atoms with Crippen LogP contribution < -0.4 is 5.32 Å². The summed E-state index contributed by atoms with van der Waals surface area (Å²) in [6.07, 6.45) is -0.898. The summed E-state index contributed by atoms with van der Waals surface area (Å²) in [5.41, 5.74) is 0.604. The molecule has 0 unspecified atom stereocenters. The highest BCUT2D eigenvalue weighted by Gasteiger charge is 2.11. The number of carbonyl (C=O) groups is 3. The number of carbonyl (C=O) groups excluding carboxylic acids is 3. The Morgan fingerprint density at radius 2 is 1.70 bits per heavy atom. The number of nitrogens with one attached hydrogen (secondary N) is 1. The van der Waals surface area contributed by atoms with Crippen molar-refractivity contribution in [3.05, 3.63) is 48.0 Å². The molecule has 0 spiro atoms. The van der Waals surface area contributed by atoms with Gasteiger partial charge in [-0.1, -0.05) is 24.8 Å². The first-order valence-corrected chi connectivity index (χ1v) is 5.86. The van der Waals surface area contributed by atoms with Crippen molar-refractivity contribution in [2.24, 2.45) is 0 Å². The van der Waals surface area contributed by atoms with Gasteiger partial charge in [-0.05, 0) is 19.1 Å². The lowest BCUT2D eigenvalue weighted by atomic mass is 10.2. The quantitative estimate of drug-likeness (QED) is 0.503. The maximum absolute atomic E-state index is 11.6. The SMILES string of the molecule is C=C(C)C(=O)OCCOC(=O)NC(=O)c1ccccc1. The minimum absolute atomic E-state index is 0.0986. The summed E-state index contributed by atoms with van der Waals surface area (Å²) in [6, 6.07) is 8.24. The van der Waals surface area contributed by atoms with E-state index in [0.29, 0.717) is 5.56 Å². The number of benzene rings is 1. The number of rotatable bonds is 5. The third kappa shape index (κ3) is 5.34. The molecule has 20 heavy (non-hydrogen) atoms. The van der Waals surface area contributed by atoms with Crippen molar-refractivity contribution in [3.8, 4) is 0 Å². The first kappa shape index (κ1) is 15.4. The third-order valence-corrected chi connectivity index (χ3v) is 2.15. The molecule has 1 rings (SSSR count). The second-order valence-electron chi connectivity index (χ2n) is 3.87. The molecule has 6 heteroatoms. The number of hydrogen-bond acceptors (Lipinski definition) is 5. The highest BCUT2D eigenvalue weighted by atomic mass is 16.6. The number of amides is 2. The molecule has 0 saturated carbocycles. The monoisotopic (exact) mass is 277 g/mol. The molecule has 1 aromatic carbocycles. The van der Waals surface area contributed by atoms with E-state index < -0.39 is 18.0 Å². The Bertz CT molecular complexity index is 510. The molecular weight excluding hydrogens is 262 g/mol. The number of ether oxygens (including phenoxy) is 2. The lowest BCUT2D eigenvalue weighted by Gasteiger charge is -2.07. The molecule has 0 aliphatic carbocycles. The molecule has 6 nitrogen and oxygen atoms in total. The molecule has 0 aromatic heterocycles. The van der Waals surface area contributed by atoms with Crippen LogP contribution >= 0.6 is 0 Å². The van der Waals surface area contributed by atoms with Crippen molar-refractivity contribution in [2.45, 2.75) is 6.92 Å². The van der Waals surface area contributed by atoms with E-state index in [0.717, 1.165) is 0 Å². The second-order valence-corrected chi connectivity index (χ2v) is 3.87. The molecule has 1 aromatic rings. The van der Waals surface area contributed by atoms with Gasteiger partial charge in [0, 0.05) is 11.1 Å². The van der Waals surface area contributed by atoms with Crippen LogP contribution in [0.4, 0.5) is 4.79 Å². The van der Waals surface area contributed by atoms with Gasteiger partial charge in [0.1, 0.15) is 13.2 Å². The summed E-state index contributed by atoms with van der Waals surface area (Å²) in [4.78, 5) is 33.9. The molecule has 106 valence electrons. The number of alkyl carbamates (subject to hydrolysis) is 1. The average Bonchev–Trinajstić information content (AvgIpc) is 2.44. The summed E-state index contributed by atoms with van der Waals surface area (Å²) < 4.78 is 9.40. The molecule has 0 radical (unpaired) electrons. The average molecular weight is 277 g/mol. The van der Waals surface area contributed by atoms with Crippen LogP contribution in [-0.2, 0) is 14.3 Å². The molecular formula is C14H15NO5. The van der Waals surface area contributed by atoms with E-state index in [-0.39, 0.29) is 18.8 Å². The molecule has 0 atom stereocenters. The van der Waals surface area contributed by atoms with E-state index in [1.54, 1.807) is 30.3 Å². The second kappa shape index (κ2) is 7.73. The minimum atomic E-state index is -0.898. The zero-order valence-corrected chi connectivity index (χ0v) is 11.0. The van der Waals surface area contributed by atoms with Crippen molar-refractivity contribution in [1.29, 1.82) is 0 Å². The normalized spacial score (nSPS) is 9.45. The first-order valence-electron chi connectivity index (χ1n) is 5.86. The summed E-state index contributed by atoms with van der Waals surface area (Å²) in [6.45, 7) is 4.67. The molecule has 2 amide bonds. The topological polar surface area (TPSA) is 81.7 Å². The molecule has 0 heterocycles. The summed E-state index contributed by atoms with van der Waals surface area (Å²) in [5, 5.41) is 2.05. The van der Waals surface area contributed by atoms with E-state index in [9.17, 15) is 14.4 Å². The van der Waals surface area contributed by atoms with Crippen molar-refractivity contribution in [2.75, 3.05) is 13.2 Å². The van der Waals surface area contributed by atoms with Crippen molar-refractivity contribution in [1.82, 2.24) is 5.32 Å². The fourth-order valence-electron chi connectivity index (χ4n) is 1.18. The first-order chi connectivity index (χ1) is 9.50. The van der Waals surface area contributed by atoms with Gasteiger partial charge in [0.15, 0.2) is 0 Å². The van der Waals surface area contributed by atoms with Crippen LogP contribution in [0.3, 0.4) is 0 Å². The molecule has 0 saturated heterocycles. The predicted molar refractivity (Wildman–Crippen MR) is 71.0 cm³/mol. The molecule has 0 aliphatic heterocycles. The Morgan fingerprint density at radius 1 is 1.10 bits per heavy atom. The van der Waals surface area contributed by atoms with Crippen LogP contribution in [0.2, 0.25) is 0 Å². The van der Waals surface area contributed by atoms with Crippen LogP contribution in [0.5, 0.6) is 0 Å². The Kier molecular flexibility index (Phi) is 5.96. The number of imide groups is 1. The third-order valence-electron chi connectivity index (χ3n) is 2.15. The zero-order chi connectivity index (χ0) is 15.0. The van der Waals surface area contributed by atoms with Gasteiger partial charge in [-0.2, -0.15) is 0 Å². The number of hydrogen-bond donors (Lipinski definition) is 1. The van der Waals surface area contributed by atoms with Crippen LogP contribution in [0.15, 0.2) is 42.5 Å². The maximum Gasteiger partial charge on any atom is 0.414 e. The Balaban J connectivity index is 2.26. The molecule has 0 bridgehead atoms. The van der Waals surface area contributed by atoms with Gasteiger partial charge < -0.3 is 9.47 Å². The van der Waals surface area contributed by atoms with Gasteiger partial charge in [0.25, 0.3) is 5.91 Å². The van der Waals surface area contributed by atoms with E-state index >= 15 is 0 Å². The Labute approximate surface area is 116 Å². The van der Waals surface area contributed by atoms with Crippen LogP contribution in [0.1, 0.15) is 17.3 Å². The minimum Gasteiger partial charge on any atom is -0.459 e. The molecule has 0 fully saturated rings. The van der Waals surface area contributed by atoms with Gasteiger partial charge in [-0.15, -0.1) is 0 Å². The van der Waals surface area contributed by atoms with Crippen LogP contribution in [0, 0.1) is 0 Å². The van der Waals surface area contributed by atoms with Crippen molar-refractivity contribution < 1.29 is 23.9 Å². The fourth-order valence-corrected chi connectivity index (χ4v) is 1.18. The zero-order valence-electron chi connectivity index (χ0n) is 11.0.